The highest BCUT2D eigenvalue weighted by Gasteiger charge is 2.29. The first-order valence-corrected chi connectivity index (χ1v) is 11.9. The molecule has 9 heteroatoms. The number of fused-ring (bicyclic) bond motifs is 1. The number of carbonyl (C=O) groups is 1. The van der Waals surface area contributed by atoms with E-state index in [-0.39, 0.29) is 23.4 Å². The number of aromatic nitrogens is 2. The summed E-state index contributed by atoms with van der Waals surface area (Å²) in [4.78, 5) is 12.8. The summed E-state index contributed by atoms with van der Waals surface area (Å²) >= 11 is 0. The Hall–Kier alpha value is -2.23. The van der Waals surface area contributed by atoms with Gasteiger partial charge in [0.2, 0.25) is 10.0 Å². The van der Waals surface area contributed by atoms with Crippen molar-refractivity contribution in [3.8, 4) is 0 Å². The van der Waals surface area contributed by atoms with Crippen molar-refractivity contribution in [3.05, 3.63) is 46.8 Å². The molecule has 2 aliphatic rings. The van der Waals surface area contributed by atoms with Gasteiger partial charge in [-0.25, -0.2) is 13.1 Å². The molecule has 0 unspecified atom stereocenters. The van der Waals surface area contributed by atoms with Crippen LogP contribution in [0, 0.1) is 0 Å². The van der Waals surface area contributed by atoms with E-state index in [0.717, 1.165) is 29.7 Å². The van der Waals surface area contributed by atoms with Gasteiger partial charge in [0.25, 0.3) is 5.91 Å². The normalized spacial score (nSPS) is 16.5. The first kappa shape index (κ1) is 21.0. The van der Waals surface area contributed by atoms with E-state index < -0.39 is 10.0 Å². The molecule has 1 aromatic carbocycles. The zero-order valence-corrected chi connectivity index (χ0v) is 18.2. The number of nitrogens with zero attached hydrogens (tertiary/aromatic N) is 2. The Kier molecular flexibility index (Phi) is 5.95. The van der Waals surface area contributed by atoms with Gasteiger partial charge in [0, 0.05) is 30.3 Å². The Labute approximate surface area is 177 Å². The van der Waals surface area contributed by atoms with Crippen LogP contribution < -0.4 is 10.0 Å². The summed E-state index contributed by atoms with van der Waals surface area (Å²) in [6, 6.07) is 7.19. The summed E-state index contributed by atoms with van der Waals surface area (Å²) in [5, 5.41) is 7.45. The van der Waals surface area contributed by atoms with Crippen LogP contribution in [0.25, 0.3) is 0 Å². The van der Waals surface area contributed by atoms with E-state index in [0.29, 0.717) is 37.8 Å². The molecular formula is C21H28N4O4S. The van der Waals surface area contributed by atoms with Gasteiger partial charge in [-0.2, -0.15) is 5.10 Å². The molecule has 1 fully saturated rings. The van der Waals surface area contributed by atoms with Crippen molar-refractivity contribution in [2.24, 2.45) is 0 Å². The first-order chi connectivity index (χ1) is 14.3. The molecule has 0 bridgehead atoms. The van der Waals surface area contributed by atoms with E-state index in [1.807, 2.05) is 12.1 Å². The standard InChI is InChI=1S/C21H28N4O4S/c1-14(2)15-3-7-17(8-4-15)30(27,28)22-10-11-25-19-9-12-29-13-18(19)20(24-25)21(26)23-16-5-6-16/h3-4,7-8,14,16,22H,5-6,9-13H2,1-2H3,(H,23,26). The molecule has 1 amide bonds. The molecule has 4 rings (SSSR count). The Morgan fingerprint density at radius 3 is 2.67 bits per heavy atom. The third-order valence-corrected chi connectivity index (χ3v) is 6.97. The van der Waals surface area contributed by atoms with Crippen LogP contribution in [0.2, 0.25) is 0 Å². The zero-order valence-electron chi connectivity index (χ0n) is 17.3. The van der Waals surface area contributed by atoms with Gasteiger partial charge in [0.1, 0.15) is 0 Å². The highest BCUT2D eigenvalue weighted by Crippen LogP contribution is 2.24. The van der Waals surface area contributed by atoms with Crippen LogP contribution in [0.1, 0.15) is 59.9 Å². The van der Waals surface area contributed by atoms with E-state index in [1.165, 1.54) is 0 Å². The number of ether oxygens (including phenoxy) is 1. The third-order valence-electron chi connectivity index (χ3n) is 5.50. The second-order valence-corrected chi connectivity index (χ2v) is 9.94. The highest BCUT2D eigenvalue weighted by molar-refractivity contribution is 7.89. The SMILES string of the molecule is CC(C)c1ccc(S(=O)(=O)NCCn2nc(C(=O)NC3CC3)c3c2CCOC3)cc1. The van der Waals surface area contributed by atoms with Gasteiger partial charge >= 0.3 is 0 Å². The van der Waals surface area contributed by atoms with Crippen molar-refractivity contribution in [1.82, 2.24) is 19.8 Å². The van der Waals surface area contributed by atoms with Crippen molar-refractivity contribution in [1.29, 1.82) is 0 Å². The monoisotopic (exact) mass is 432 g/mol. The van der Waals surface area contributed by atoms with Gasteiger partial charge in [-0.15, -0.1) is 0 Å². The Morgan fingerprint density at radius 1 is 1.27 bits per heavy atom. The largest absolute Gasteiger partial charge is 0.376 e. The molecule has 0 spiro atoms. The van der Waals surface area contributed by atoms with Crippen LogP contribution in [0.3, 0.4) is 0 Å². The van der Waals surface area contributed by atoms with Crippen LogP contribution in [-0.2, 0) is 34.3 Å². The Morgan fingerprint density at radius 2 is 2.00 bits per heavy atom. The number of sulfonamides is 1. The minimum absolute atomic E-state index is 0.177. The van der Waals surface area contributed by atoms with Crippen LogP contribution >= 0.6 is 0 Å². The Balaban J connectivity index is 1.44. The number of hydrogen-bond acceptors (Lipinski definition) is 5. The summed E-state index contributed by atoms with van der Waals surface area (Å²) in [6.07, 6.45) is 2.67. The van der Waals surface area contributed by atoms with Crippen molar-refractivity contribution in [2.45, 2.75) is 63.1 Å². The average molecular weight is 433 g/mol. The molecule has 30 heavy (non-hydrogen) atoms. The topological polar surface area (TPSA) is 102 Å². The lowest BCUT2D eigenvalue weighted by Gasteiger charge is -2.15. The molecule has 2 N–H and O–H groups in total. The lowest BCUT2D eigenvalue weighted by Crippen LogP contribution is -2.29. The number of benzene rings is 1. The molecule has 1 aromatic heterocycles. The van der Waals surface area contributed by atoms with Crippen LogP contribution in [-0.4, -0.2) is 43.3 Å². The number of amides is 1. The average Bonchev–Trinajstić information content (AvgIpc) is 3.47. The smallest absolute Gasteiger partial charge is 0.272 e. The van der Waals surface area contributed by atoms with Gasteiger partial charge in [-0.05, 0) is 36.5 Å². The van der Waals surface area contributed by atoms with Gasteiger partial charge in [-0.3, -0.25) is 9.48 Å². The third kappa shape index (κ3) is 4.58. The number of rotatable bonds is 8. The van der Waals surface area contributed by atoms with Gasteiger partial charge in [0.15, 0.2) is 5.69 Å². The lowest BCUT2D eigenvalue weighted by molar-refractivity contribution is 0.0922. The van der Waals surface area contributed by atoms with Gasteiger partial charge in [-0.1, -0.05) is 26.0 Å². The fourth-order valence-corrected chi connectivity index (χ4v) is 4.58. The maximum absolute atomic E-state index is 12.6. The van der Waals surface area contributed by atoms with E-state index in [4.69, 9.17) is 4.74 Å². The van der Waals surface area contributed by atoms with Crippen LogP contribution in [0.5, 0.6) is 0 Å². The molecule has 1 aliphatic carbocycles. The number of hydrogen-bond donors (Lipinski definition) is 2. The Bertz CT molecular complexity index is 1020. The molecule has 1 aliphatic heterocycles. The summed E-state index contributed by atoms with van der Waals surface area (Å²) < 4.78 is 35.1. The first-order valence-electron chi connectivity index (χ1n) is 10.4. The second-order valence-electron chi connectivity index (χ2n) is 8.17. The maximum Gasteiger partial charge on any atom is 0.272 e. The fourth-order valence-electron chi connectivity index (χ4n) is 3.56. The molecule has 0 saturated heterocycles. The quantitative estimate of drug-likeness (QED) is 0.664. The number of carbonyl (C=O) groups excluding carboxylic acids is 1. The molecule has 8 nitrogen and oxygen atoms in total. The zero-order chi connectivity index (χ0) is 21.3. The van der Waals surface area contributed by atoms with E-state index in [9.17, 15) is 13.2 Å². The van der Waals surface area contributed by atoms with Crippen molar-refractivity contribution in [2.75, 3.05) is 13.2 Å². The maximum atomic E-state index is 12.6. The minimum Gasteiger partial charge on any atom is -0.376 e. The van der Waals surface area contributed by atoms with Gasteiger partial charge < -0.3 is 10.1 Å². The van der Waals surface area contributed by atoms with E-state index >= 15 is 0 Å². The van der Waals surface area contributed by atoms with E-state index in [1.54, 1.807) is 16.8 Å². The molecule has 1 saturated carbocycles. The lowest BCUT2D eigenvalue weighted by atomic mass is 10.0. The molecule has 0 atom stereocenters. The predicted molar refractivity (Wildman–Crippen MR) is 112 cm³/mol. The summed E-state index contributed by atoms with van der Waals surface area (Å²) in [5.74, 6) is 0.166. The summed E-state index contributed by atoms with van der Waals surface area (Å²) in [5.41, 5.74) is 3.24. The molecular weight excluding hydrogens is 404 g/mol. The summed E-state index contributed by atoms with van der Waals surface area (Å²) in [7, 11) is -3.61. The van der Waals surface area contributed by atoms with Crippen LogP contribution in [0.15, 0.2) is 29.2 Å². The van der Waals surface area contributed by atoms with Crippen molar-refractivity contribution >= 4 is 15.9 Å². The predicted octanol–water partition coefficient (Wildman–Crippen LogP) is 1.95. The number of nitrogens with one attached hydrogen (secondary N) is 2. The van der Waals surface area contributed by atoms with Crippen molar-refractivity contribution < 1.29 is 17.9 Å². The van der Waals surface area contributed by atoms with E-state index in [2.05, 4.69) is 29.0 Å². The molecule has 2 heterocycles. The highest BCUT2D eigenvalue weighted by atomic mass is 32.2. The van der Waals surface area contributed by atoms with Gasteiger partial charge in [0.05, 0.1) is 24.7 Å². The fraction of sp³-hybridized carbons (Fsp3) is 0.524. The van der Waals surface area contributed by atoms with Crippen LogP contribution in [0.4, 0.5) is 0 Å². The minimum atomic E-state index is -3.61. The summed E-state index contributed by atoms with van der Waals surface area (Å²) in [6.45, 7) is 5.59. The van der Waals surface area contributed by atoms with Crippen molar-refractivity contribution in [3.63, 3.8) is 0 Å². The molecule has 162 valence electrons. The molecule has 0 radical (unpaired) electrons. The second kappa shape index (κ2) is 8.49. The molecule has 2 aromatic rings.